The first-order valence-electron chi connectivity index (χ1n) is 7.18. The molecule has 0 aromatic rings. The summed E-state index contributed by atoms with van der Waals surface area (Å²) in [5, 5.41) is 2.86. The number of carbonyl (C=O) groups excluding carboxylic acids is 2. The van der Waals surface area contributed by atoms with Crippen molar-refractivity contribution in [3.63, 3.8) is 0 Å². The van der Waals surface area contributed by atoms with Crippen LogP contribution in [0.5, 0.6) is 0 Å². The lowest BCUT2D eigenvalue weighted by Gasteiger charge is -2.42. The molecule has 3 atom stereocenters. The largest absolute Gasteiger partial charge is 0.383 e. The van der Waals surface area contributed by atoms with E-state index in [9.17, 15) is 9.59 Å². The minimum Gasteiger partial charge on any atom is -0.383 e. The molecule has 1 N–H and O–H groups in total. The second-order valence-corrected chi connectivity index (χ2v) is 5.20. The molecular formula is C14H26N2O3. The molecule has 0 saturated carbocycles. The third-order valence-electron chi connectivity index (χ3n) is 3.53. The average Bonchev–Trinajstić information content (AvgIpc) is 2.36. The van der Waals surface area contributed by atoms with Gasteiger partial charge in [0.15, 0.2) is 0 Å². The molecular weight excluding hydrogens is 244 g/mol. The molecule has 0 aromatic carbocycles. The molecule has 1 aliphatic rings. The van der Waals surface area contributed by atoms with Gasteiger partial charge in [-0.3, -0.25) is 9.59 Å². The second-order valence-electron chi connectivity index (χ2n) is 5.20. The maximum Gasteiger partial charge on any atom is 0.246 e. The highest BCUT2D eigenvalue weighted by Crippen LogP contribution is 2.20. The lowest BCUT2D eigenvalue weighted by Crippen LogP contribution is -2.65. The van der Waals surface area contributed by atoms with Gasteiger partial charge in [-0.15, -0.1) is 0 Å². The zero-order valence-electron chi connectivity index (χ0n) is 12.4. The van der Waals surface area contributed by atoms with E-state index in [-0.39, 0.29) is 29.9 Å². The Hall–Kier alpha value is -1.10. The number of ether oxygens (including phenoxy) is 1. The Morgan fingerprint density at radius 2 is 1.89 bits per heavy atom. The Morgan fingerprint density at radius 1 is 1.26 bits per heavy atom. The van der Waals surface area contributed by atoms with Crippen molar-refractivity contribution in [1.29, 1.82) is 0 Å². The zero-order chi connectivity index (χ0) is 14.4. The molecule has 1 heterocycles. The van der Waals surface area contributed by atoms with Crippen LogP contribution < -0.4 is 5.32 Å². The molecule has 0 bridgehead atoms. The Labute approximate surface area is 115 Å². The lowest BCUT2D eigenvalue weighted by atomic mass is 9.98. The highest BCUT2D eigenvalue weighted by atomic mass is 16.5. The van der Waals surface area contributed by atoms with Gasteiger partial charge in [-0.25, -0.2) is 0 Å². The van der Waals surface area contributed by atoms with Crippen molar-refractivity contribution in [2.45, 2.75) is 64.6 Å². The highest BCUT2D eigenvalue weighted by molar-refractivity contribution is 5.97. The van der Waals surface area contributed by atoms with Crippen molar-refractivity contribution in [1.82, 2.24) is 10.2 Å². The molecule has 0 aliphatic carbocycles. The predicted molar refractivity (Wildman–Crippen MR) is 73.7 cm³/mol. The molecule has 1 aliphatic heterocycles. The van der Waals surface area contributed by atoms with E-state index >= 15 is 0 Å². The van der Waals surface area contributed by atoms with E-state index in [0.717, 1.165) is 12.8 Å². The van der Waals surface area contributed by atoms with E-state index in [1.807, 2.05) is 20.8 Å². The van der Waals surface area contributed by atoms with E-state index in [4.69, 9.17) is 4.74 Å². The van der Waals surface area contributed by atoms with Gasteiger partial charge in [-0.2, -0.15) is 0 Å². The molecule has 1 rings (SSSR count). The molecule has 3 unspecified atom stereocenters. The standard InChI is InChI=1S/C14H26N2O3/c1-5-7-11-14(18)16(10(3)9-19-4)12(8-6-2)13(17)15-11/h10-12H,5-9H2,1-4H3,(H,15,17). The minimum atomic E-state index is -0.370. The van der Waals surface area contributed by atoms with Gasteiger partial charge < -0.3 is 15.0 Å². The number of methoxy groups -OCH3 is 1. The van der Waals surface area contributed by atoms with E-state index in [2.05, 4.69) is 5.32 Å². The van der Waals surface area contributed by atoms with Crippen molar-refractivity contribution in [3.05, 3.63) is 0 Å². The fourth-order valence-corrected chi connectivity index (χ4v) is 2.66. The smallest absolute Gasteiger partial charge is 0.246 e. The highest BCUT2D eigenvalue weighted by Gasteiger charge is 2.41. The summed E-state index contributed by atoms with van der Waals surface area (Å²) >= 11 is 0. The summed E-state index contributed by atoms with van der Waals surface area (Å²) in [6.45, 7) is 6.43. The van der Waals surface area contributed by atoms with Crippen LogP contribution in [-0.4, -0.2) is 48.6 Å². The summed E-state index contributed by atoms with van der Waals surface area (Å²) in [6.07, 6.45) is 3.14. The van der Waals surface area contributed by atoms with Gasteiger partial charge in [0, 0.05) is 7.11 Å². The van der Waals surface area contributed by atoms with Gasteiger partial charge in [-0.1, -0.05) is 26.7 Å². The first kappa shape index (κ1) is 16.0. The van der Waals surface area contributed by atoms with E-state index in [0.29, 0.717) is 19.4 Å². The summed E-state index contributed by atoms with van der Waals surface area (Å²) in [4.78, 5) is 26.4. The monoisotopic (exact) mass is 270 g/mol. The molecule has 2 amide bonds. The number of nitrogens with one attached hydrogen (secondary N) is 1. The number of piperazine rings is 1. The fraction of sp³-hybridized carbons (Fsp3) is 0.857. The van der Waals surface area contributed by atoms with Crippen LogP contribution in [0.1, 0.15) is 46.5 Å². The Balaban J connectivity index is 2.92. The topological polar surface area (TPSA) is 58.6 Å². The first-order chi connectivity index (χ1) is 9.06. The molecule has 5 heteroatoms. The Bertz CT molecular complexity index is 320. The normalized spacial score (nSPS) is 25.4. The average molecular weight is 270 g/mol. The van der Waals surface area contributed by atoms with Crippen LogP contribution in [0.3, 0.4) is 0 Å². The molecule has 0 spiro atoms. The number of hydrogen-bond acceptors (Lipinski definition) is 3. The molecule has 5 nitrogen and oxygen atoms in total. The first-order valence-corrected chi connectivity index (χ1v) is 7.18. The van der Waals surface area contributed by atoms with Gasteiger partial charge in [0.1, 0.15) is 12.1 Å². The SMILES string of the molecule is CCCC1NC(=O)C(CCC)N(C(C)COC)C1=O. The zero-order valence-corrected chi connectivity index (χ0v) is 12.4. The number of hydrogen-bond donors (Lipinski definition) is 1. The maximum atomic E-state index is 12.5. The molecule has 1 fully saturated rings. The predicted octanol–water partition coefficient (Wildman–Crippen LogP) is 1.32. The van der Waals surface area contributed by atoms with Crippen LogP contribution in [0.25, 0.3) is 0 Å². The third kappa shape index (κ3) is 3.69. The molecule has 0 aromatic heterocycles. The van der Waals surface area contributed by atoms with E-state index < -0.39 is 0 Å². The van der Waals surface area contributed by atoms with Crippen LogP contribution in [0.4, 0.5) is 0 Å². The van der Waals surface area contributed by atoms with Gasteiger partial charge in [0.05, 0.1) is 12.6 Å². The number of carbonyl (C=O) groups is 2. The van der Waals surface area contributed by atoms with Gasteiger partial charge in [-0.05, 0) is 19.8 Å². The maximum absolute atomic E-state index is 12.5. The van der Waals surface area contributed by atoms with Gasteiger partial charge >= 0.3 is 0 Å². The van der Waals surface area contributed by atoms with Crippen molar-refractivity contribution >= 4 is 11.8 Å². The number of rotatable bonds is 7. The molecule has 110 valence electrons. The number of nitrogens with zero attached hydrogens (tertiary/aromatic N) is 1. The van der Waals surface area contributed by atoms with Gasteiger partial charge in [0.2, 0.25) is 11.8 Å². The lowest BCUT2D eigenvalue weighted by molar-refractivity contribution is -0.153. The summed E-state index contributed by atoms with van der Waals surface area (Å²) in [5.41, 5.74) is 0. The van der Waals surface area contributed by atoms with Crippen molar-refractivity contribution in [2.75, 3.05) is 13.7 Å². The minimum absolute atomic E-state index is 0.0251. The van der Waals surface area contributed by atoms with Crippen molar-refractivity contribution in [2.24, 2.45) is 0 Å². The Morgan fingerprint density at radius 3 is 2.42 bits per heavy atom. The van der Waals surface area contributed by atoms with E-state index in [1.54, 1.807) is 12.0 Å². The van der Waals surface area contributed by atoms with Crippen LogP contribution in [0.2, 0.25) is 0 Å². The van der Waals surface area contributed by atoms with Gasteiger partial charge in [0.25, 0.3) is 0 Å². The second kappa shape index (κ2) is 7.48. The van der Waals surface area contributed by atoms with Crippen molar-refractivity contribution < 1.29 is 14.3 Å². The number of amides is 2. The molecule has 1 saturated heterocycles. The van der Waals surface area contributed by atoms with Crippen molar-refractivity contribution in [3.8, 4) is 0 Å². The summed E-state index contributed by atoms with van der Waals surface area (Å²) in [7, 11) is 1.61. The third-order valence-corrected chi connectivity index (χ3v) is 3.53. The van der Waals surface area contributed by atoms with Crippen LogP contribution in [-0.2, 0) is 14.3 Å². The molecule has 19 heavy (non-hydrogen) atoms. The Kier molecular flexibility index (Phi) is 6.28. The quantitative estimate of drug-likeness (QED) is 0.759. The summed E-state index contributed by atoms with van der Waals surface area (Å²) in [5.74, 6) is 0.00676. The van der Waals surface area contributed by atoms with Crippen LogP contribution in [0.15, 0.2) is 0 Å². The summed E-state index contributed by atoms with van der Waals surface area (Å²) in [6, 6.07) is -0.792. The summed E-state index contributed by atoms with van der Waals surface area (Å²) < 4.78 is 5.14. The van der Waals surface area contributed by atoms with Crippen LogP contribution in [0, 0.1) is 0 Å². The van der Waals surface area contributed by atoms with Crippen LogP contribution >= 0.6 is 0 Å². The van der Waals surface area contributed by atoms with E-state index in [1.165, 1.54) is 0 Å². The fourth-order valence-electron chi connectivity index (χ4n) is 2.66. The molecule has 0 radical (unpaired) electrons.